The first-order valence-corrected chi connectivity index (χ1v) is 7.94. The van der Waals surface area contributed by atoms with Gasteiger partial charge in [-0.25, -0.2) is 4.98 Å². The highest BCUT2D eigenvalue weighted by Gasteiger charge is 2.06. The summed E-state index contributed by atoms with van der Waals surface area (Å²) in [5, 5.41) is 3.62. The minimum atomic E-state index is 0.0334. The molecule has 2 heterocycles. The van der Waals surface area contributed by atoms with Gasteiger partial charge in [-0.05, 0) is 30.2 Å². The van der Waals surface area contributed by atoms with Crippen LogP contribution in [0.3, 0.4) is 0 Å². The van der Waals surface area contributed by atoms with Crippen molar-refractivity contribution in [1.29, 1.82) is 0 Å². The third kappa shape index (κ3) is 3.90. The van der Waals surface area contributed by atoms with Gasteiger partial charge in [0.2, 0.25) is 5.91 Å². The molecular formula is C18H18ClN3O. The van der Waals surface area contributed by atoms with Crippen LogP contribution in [0.2, 0.25) is 5.02 Å². The summed E-state index contributed by atoms with van der Waals surface area (Å²) in [5.74, 6) is 0.0334. The highest BCUT2D eigenvalue weighted by atomic mass is 35.5. The van der Waals surface area contributed by atoms with Crippen LogP contribution in [0.1, 0.15) is 16.8 Å². The minimum absolute atomic E-state index is 0.0334. The van der Waals surface area contributed by atoms with Gasteiger partial charge in [0, 0.05) is 25.4 Å². The second kappa shape index (κ2) is 6.84. The van der Waals surface area contributed by atoms with Crippen LogP contribution < -0.4 is 5.32 Å². The van der Waals surface area contributed by atoms with Crippen molar-refractivity contribution in [1.82, 2.24) is 14.7 Å². The number of halogens is 1. The van der Waals surface area contributed by atoms with Gasteiger partial charge in [-0.15, -0.1) is 0 Å². The van der Waals surface area contributed by atoms with E-state index in [9.17, 15) is 4.79 Å². The highest BCUT2D eigenvalue weighted by Crippen LogP contribution is 2.12. The molecule has 0 atom stereocenters. The number of nitrogens with one attached hydrogen (secondary N) is 1. The van der Waals surface area contributed by atoms with Crippen LogP contribution in [-0.2, 0) is 17.6 Å². The van der Waals surface area contributed by atoms with Crippen LogP contribution in [0.15, 0.2) is 48.8 Å². The van der Waals surface area contributed by atoms with Crippen LogP contribution in [-0.4, -0.2) is 21.8 Å². The summed E-state index contributed by atoms with van der Waals surface area (Å²) in [4.78, 5) is 16.5. The second-order valence-corrected chi connectivity index (χ2v) is 5.98. The summed E-state index contributed by atoms with van der Waals surface area (Å²) < 4.78 is 1.90. The maximum absolute atomic E-state index is 12.0. The number of amides is 1. The van der Waals surface area contributed by atoms with Crippen molar-refractivity contribution < 1.29 is 4.79 Å². The topological polar surface area (TPSA) is 46.4 Å². The maximum atomic E-state index is 12.0. The van der Waals surface area contributed by atoms with Gasteiger partial charge in [-0.3, -0.25) is 4.79 Å². The zero-order valence-corrected chi connectivity index (χ0v) is 13.7. The predicted molar refractivity (Wildman–Crippen MR) is 91.8 cm³/mol. The Hall–Kier alpha value is -2.33. The fourth-order valence-corrected chi connectivity index (χ4v) is 2.68. The molecule has 23 heavy (non-hydrogen) atoms. The molecule has 0 radical (unpaired) electrons. The van der Waals surface area contributed by atoms with Gasteiger partial charge in [-0.1, -0.05) is 35.9 Å². The number of carbonyl (C=O) groups excluding carboxylic acids is 1. The molecule has 5 heteroatoms. The Morgan fingerprint density at radius 2 is 2.04 bits per heavy atom. The van der Waals surface area contributed by atoms with E-state index in [0.717, 1.165) is 22.5 Å². The number of benzene rings is 1. The largest absolute Gasteiger partial charge is 0.355 e. The molecule has 0 aliphatic carbocycles. The Labute approximate surface area is 140 Å². The molecule has 3 rings (SSSR count). The molecule has 0 saturated carbocycles. The summed E-state index contributed by atoms with van der Waals surface area (Å²) in [6, 6.07) is 11.6. The molecule has 0 fully saturated rings. The molecule has 3 aromatic rings. The zero-order valence-electron chi connectivity index (χ0n) is 12.9. The number of rotatable bonds is 5. The van der Waals surface area contributed by atoms with Crippen molar-refractivity contribution in [2.75, 3.05) is 6.54 Å². The van der Waals surface area contributed by atoms with Gasteiger partial charge in [-0.2, -0.15) is 0 Å². The molecule has 0 bridgehead atoms. The average molecular weight is 328 g/mol. The molecule has 0 spiro atoms. The van der Waals surface area contributed by atoms with Gasteiger partial charge in [0.1, 0.15) is 5.65 Å². The van der Waals surface area contributed by atoms with E-state index >= 15 is 0 Å². The SMILES string of the molecule is Cc1ccccc1CC(=O)NCCc1cn2cc(Cl)ccc2n1. The quantitative estimate of drug-likeness (QED) is 0.782. The third-order valence-electron chi connectivity index (χ3n) is 3.78. The number of fused-ring (bicyclic) bond motifs is 1. The number of imidazole rings is 1. The first kappa shape index (κ1) is 15.6. The monoisotopic (exact) mass is 327 g/mol. The molecule has 2 aromatic heterocycles. The van der Waals surface area contributed by atoms with Crippen molar-refractivity contribution in [2.45, 2.75) is 19.8 Å². The zero-order chi connectivity index (χ0) is 16.2. The molecule has 1 aromatic carbocycles. The molecular weight excluding hydrogens is 310 g/mol. The average Bonchev–Trinajstić information content (AvgIpc) is 2.91. The van der Waals surface area contributed by atoms with E-state index in [1.54, 1.807) is 0 Å². The smallest absolute Gasteiger partial charge is 0.224 e. The number of pyridine rings is 1. The van der Waals surface area contributed by atoms with Crippen LogP contribution in [0.25, 0.3) is 5.65 Å². The lowest BCUT2D eigenvalue weighted by molar-refractivity contribution is -0.120. The summed E-state index contributed by atoms with van der Waals surface area (Å²) in [5.41, 5.74) is 3.99. The third-order valence-corrected chi connectivity index (χ3v) is 4.00. The van der Waals surface area contributed by atoms with Crippen molar-refractivity contribution in [3.63, 3.8) is 0 Å². The van der Waals surface area contributed by atoms with Crippen molar-refractivity contribution in [3.8, 4) is 0 Å². The molecule has 0 aliphatic heterocycles. The Balaban J connectivity index is 1.54. The second-order valence-electron chi connectivity index (χ2n) is 5.55. The maximum Gasteiger partial charge on any atom is 0.224 e. The number of aromatic nitrogens is 2. The predicted octanol–water partition coefficient (Wildman–Crippen LogP) is 3.20. The Morgan fingerprint density at radius 1 is 1.22 bits per heavy atom. The number of nitrogens with zero attached hydrogens (tertiary/aromatic N) is 2. The van der Waals surface area contributed by atoms with E-state index < -0.39 is 0 Å². The highest BCUT2D eigenvalue weighted by molar-refractivity contribution is 6.30. The standard InChI is InChI=1S/C18H18ClN3O/c1-13-4-2-3-5-14(13)10-18(23)20-9-8-16-12-22-11-15(19)6-7-17(22)21-16/h2-7,11-12H,8-10H2,1H3,(H,20,23). The van der Waals surface area contributed by atoms with Gasteiger partial charge in [0.05, 0.1) is 17.1 Å². The Morgan fingerprint density at radius 3 is 2.87 bits per heavy atom. The molecule has 1 amide bonds. The summed E-state index contributed by atoms with van der Waals surface area (Å²) >= 11 is 5.96. The van der Waals surface area contributed by atoms with Gasteiger partial charge in [0.15, 0.2) is 0 Å². The normalized spacial score (nSPS) is 10.9. The van der Waals surface area contributed by atoms with Crippen LogP contribution in [0.4, 0.5) is 0 Å². The van der Waals surface area contributed by atoms with E-state index in [1.807, 2.05) is 60.1 Å². The molecule has 4 nitrogen and oxygen atoms in total. The van der Waals surface area contributed by atoms with Gasteiger partial charge < -0.3 is 9.72 Å². The number of hydrogen-bond acceptors (Lipinski definition) is 2. The number of aryl methyl sites for hydroxylation is 1. The van der Waals surface area contributed by atoms with E-state index in [4.69, 9.17) is 11.6 Å². The van der Waals surface area contributed by atoms with E-state index in [1.165, 1.54) is 0 Å². The van der Waals surface area contributed by atoms with Crippen LogP contribution in [0.5, 0.6) is 0 Å². The molecule has 118 valence electrons. The molecule has 0 saturated heterocycles. The minimum Gasteiger partial charge on any atom is -0.355 e. The van der Waals surface area contributed by atoms with E-state index in [2.05, 4.69) is 10.3 Å². The lowest BCUT2D eigenvalue weighted by Gasteiger charge is -2.06. The summed E-state index contributed by atoms with van der Waals surface area (Å²) in [6.45, 7) is 2.59. The van der Waals surface area contributed by atoms with Gasteiger partial charge in [0.25, 0.3) is 0 Å². The van der Waals surface area contributed by atoms with E-state index in [0.29, 0.717) is 24.4 Å². The van der Waals surface area contributed by atoms with Gasteiger partial charge >= 0.3 is 0 Å². The van der Waals surface area contributed by atoms with E-state index in [-0.39, 0.29) is 5.91 Å². The Kier molecular flexibility index (Phi) is 4.63. The van der Waals surface area contributed by atoms with Crippen molar-refractivity contribution in [3.05, 3.63) is 70.6 Å². The fraction of sp³-hybridized carbons (Fsp3) is 0.222. The fourth-order valence-electron chi connectivity index (χ4n) is 2.51. The first-order chi connectivity index (χ1) is 11.1. The van der Waals surface area contributed by atoms with Crippen molar-refractivity contribution in [2.24, 2.45) is 0 Å². The number of hydrogen-bond donors (Lipinski definition) is 1. The summed E-state index contributed by atoms with van der Waals surface area (Å²) in [6.07, 6.45) is 4.87. The Bertz CT molecular complexity index is 841. The van der Waals surface area contributed by atoms with Crippen LogP contribution >= 0.6 is 11.6 Å². The number of carbonyl (C=O) groups is 1. The van der Waals surface area contributed by atoms with Crippen LogP contribution in [0, 0.1) is 6.92 Å². The lowest BCUT2D eigenvalue weighted by Crippen LogP contribution is -2.27. The first-order valence-electron chi connectivity index (χ1n) is 7.56. The molecule has 1 N–H and O–H groups in total. The molecule has 0 aliphatic rings. The summed E-state index contributed by atoms with van der Waals surface area (Å²) in [7, 11) is 0. The van der Waals surface area contributed by atoms with Crippen molar-refractivity contribution >= 4 is 23.2 Å². The molecule has 0 unspecified atom stereocenters. The lowest BCUT2D eigenvalue weighted by atomic mass is 10.1.